The molecule has 0 N–H and O–H groups in total. The quantitative estimate of drug-likeness (QED) is 0.639. The Morgan fingerprint density at radius 1 is 1.04 bits per heavy atom. The number of benzene rings is 2. The van der Waals surface area contributed by atoms with Crippen LogP contribution in [0.4, 0.5) is 5.69 Å². The highest BCUT2D eigenvalue weighted by molar-refractivity contribution is 6.33. The second-order valence-corrected chi connectivity index (χ2v) is 6.55. The molecule has 25 heavy (non-hydrogen) atoms. The average molecular weight is 352 g/mol. The van der Waals surface area contributed by atoms with E-state index >= 15 is 0 Å². The second-order valence-electron chi connectivity index (χ2n) is 6.14. The summed E-state index contributed by atoms with van der Waals surface area (Å²) in [6.45, 7) is 2.68. The third-order valence-electron chi connectivity index (χ3n) is 4.69. The molecule has 4 heteroatoms. The van der Waals surface area contributed by atoms with E-state index < -0.39 is 0 Å². The van der Waals surface area contributed by atoms with Gasteiger partial charge in [-0.15, -0.1) is 0 Å². The predicted octanol–water partition coefficient (Wildman–Crippen LogP) is 5.29. The van der Waals surface area contributed by atoms with Gasteiger partial charge in [-0.05, 0) is 42.8 Å². The van der Waals surface area contributed by atoms with Gasteiger partial charge < -0.3 is 9.32 Å². The molecule has 0 saturated heterocycles. The van der Waals surface area contributed by atoms with Gasteiger partial charge in [-0.2, -0.15) is 0 Å². The van der Waals surface area contributed by atoms with Crippen LogP contribution in [0, 0.1) is 0 Å². The highest BCUT2D eigenvalue weighted by Crippen LogP contribution is 2.39. The molecule has 2 heterocycles. The van der Waals surface area contributed by atoms with Gasteiger partial charge in [-0.3, -0.25) is 4.79 Å². The van der Waals surface area contributed by atoms with Crippen molar-refractivity contribution >= 4 is 23.2 Å². The Kier molecular flexibility index (Phi) is 4.10. The first kappa shape index (κ1) is 16.0. The van der Waals surface area contributed by atoms with Gasteiger partial charge in [0.2, 0.25) is 5.91 Å². The fourth-order valence-corrected chi connectivity index (χ4v) is 3.71. The maximum absolute atomic E-state index is 12.8. The maximum Gasteiger partial charge on any atom is 0.235 e. The number of likely N-dealkylation sites (N-methyl/N-ethyl adjacent to an activating group) is 1. The first-order valence-corrected chi connectivity index (χ1v) is 8.80. The smallest absolute Gasteiger partial charge is 0.235 e. The molecule has 0 aliphatic carbocycles. The molecule has 1 aliphatic heterocycles. The normalized spacial score (nSPS) is 16.3. The minimum atomic E-state index is -0.193. The molecule has 0 unspecified atom stereocenters. The number of nitrogens with zero attached hydrogens (tertiary/aromatic N) is 1. The van der Waals surface area contributed by atoms with E-state index in [-0.39, 0.29) is 11.8 Å². The molecule has 3 aromatic rings. The topological polar surface area (TPSA) is 33.5 Å². The lowest BCUT2D eigenvalue weighted by atomic mass is 9.96. The number of furan rings is 1. The third-order valence-corrected chi connectivity index (χ3v) is 5.02. The number of carbonyl (C=O) groups excluding carboxylic acids is 1. The second kappa shape index (κ2) is 6.41. The van der Waals surface area contributed by atoms with Crippen molar-refractivity contribution in [1.82, 2.24) is 0 Å². The molecule has 0 spiro atoms. The number of amides is 1. The first-order chi connectivity index (χ1) is 12.2. The van der Waals surface area contributed by atoms with Gasteiger partial charge in [0.1, 0.15) is 11.5 Å². The molecule has 0 fully saturated rings. The fraction of sp³-hybridized carbons (Fsp3) is 0.190. The SMILES string of the molecule is CCN1C(=O)[C@@H](Cc2ccc(-c3ccccc3Cl)o2)c2ccccc21. The van der Waals surface area contributed by atoms with Crippen LogP contribution in [0.1, 0.15) is 24.2 Å². The van der Waals surface area contributed by atoms with Crippen molar-refractivity contribution in [1.29, 1.82) is 0 Å². The van der Waals surface area contributed by atoms with Gasteiger partial charge >= 0.3 is 0 Å². The van der Waals surface area contributed by atoms with Gasteiger partial charge in [0.25, 0.3) is 0 Å². The molecule has 3 nitrogen and oxygen atoms in total. The van der Waals surface area contributed by atoms with Crippen LogP contribution in [0.3, 0.4) is 0 Å². The van der Waals surface area contributed by atoms with Crippen LogP contribution in [0.5, 0.6) is 0 Å². The van der Waals surface area contributed by atoms with Crippen molar-refractivity contribution < 1.29 is 9.21 Å². The Morgan fingerprint density at radius 2 is 1.80 bits per heavy atom. The summed E-state index contributed by atoms with van der Waals surface area (Å²) in [5.74, 6) is 1.47. The monoisotopic (exact) mass is 351 g/mol. The van der Waals surface area contributed by atoms with Gasteiger partial charge in [0.05, 0.1) is 10.9 Å². The summed E-state index contributed by atoms with van der Waals surface area (Å²) in [4.78, 5) is 14.6. The molecular formula is C21H18ClNO2. The van der Waals surface area contributed by atoms with Crippen LogP contribution in [0.15, 0.2) is 65.1 Å². The first-order valence-electron chi connectivity index (χ1n) is 8.43. The standard InChI is InChI=1S/C21H18ClNO2/c1-2-23-19-10-6-4-7-15(19)17(21(23)24)13-14-11-12-20(25-14)16-8-3-5-9-18(16)22/h3-12,17H,2,13H2,1H3/t17-/m0/s1. The molecule has 1 atom stereocenters. The number of carbonyl (C=O) groups is 1. The molecule has 1 aliphatic rings. The maximum atomic E-state index is 12.8. The Hall–Kier alpha value is -2.52. The lowest BCUT2D eigenvalue weighted by Gasteiger charge is -2.14. The van der Waals surface area contributed by atoms with Crippen molar-refractivity contribution in [2.45, 2.75) is 19.3 Å². The zero-order valence-electron chi connectivity index (χ0n) is 13.9. The van der Waals surface area contributed by atoms with Gasteiger partial charge in [0.15, 0.2) is 0 Å². The Balaban J connectivity index is 1.63. The zero-order valence-corrected chi connectivity index (χ0v) is 14.7. The van der Waals surface area contributed by atoms with Crippen LogP contribution < -0.4 is 4.90 Å². The van der Waals surface area contributed by atoms with Crippen LogP contribution in [-0.4, -0.2) is 12.5 Å². The van der Waals surface area contributed by atoms with Crippen molar-refractivity contribution in [3.05, 3.63) is 77.0 Å². The van der Waals surface area contributed by atoms with Crippen molar-refractivity contribution in [3.8, 4) is 11.3 Å². The number of hydrogen-bond acceptors (Lipinski definition) is 2. The zero-order chi connectivity index (χ0) is 17.4. The summed E-state index contributed by atoms with van der Waals surface area (Å²) in [7, 11) is 0. The van der Waals surface area contributed by atoms with E-state index in [1.807, 2.05) is 72.5 Å². The molecule has 4 rings (SSSR count). The summed E-state index contributed by atoms with van der Waals surface area (Å²) < 4.78 is 5.99. The van der Waals surface area contributed by atoms with Crippen molar-refractivity contribution in [2.24, 2.45) is 0 Å². The molecule has 126 valence electrons. The molecule has 1 amide bonds. The van der Waals surface area contributed by atoms with Crippen LogP contribution >= 0.6 is 11.6 Å². The van der Waals surface area contributed by atoms with Crippen LogP contribution in [-0.2, 0) is 11.2 Å². The van der Waals surface area contributed by atoms with Gasteiger partial charge in [-0.25, -0.2) is 0 Å². The van der Waals surface area contributed by atoms with Gasteiger partial charge in [-0.1, -0.05) is 41.9 Å². The molecule has 0 saturated carbocycles. The van der Waals surface area contributed by atoms with E-state index in [4.69, 9.17) is 16.0 Å². The third kappa shape index (κ3) is 2.75. The minimum Gasteiger partial charge on any atom is -0.461 e. The van der Waals surface area contributed by atoms with E-state index in [1.54, 1.807) is 0 Å². The lowest BCUT2D eigenvalue weighted by Crippen LogP contribution is -2.28. The number of anilines is 1. The van der Waals surface area contributed by atoms with Crippen LogP contribution in [0.2, 0.25) is 5.02 Å². The average Bonchev–Trinajstić information content (AvgIpc) is 3.19. The minimum absolute atomic E-state index is 0.138. The van der Waals surface area contributed by atoms with E-state index in [0.29, 0.717) is 18.0 Å². The summed E-state index contributed by atoms with van der Waals surface area (Å²) in [5, 5.41) is 0.655. The molecular weight excluding hydrogens is 334 g/mol. The van der Waals surface area contributed by atoms with E-state index in [1.165, 1.54) is 0 Å². The van der Waals surface area contributed by atoms with E-state index in [9.17, 15) is 4.79 Å². The van der Waals surface area contributed by atoms with Crippen molar-refractivity contribution in [3.63, 3.8) is 0 Å². The summed E-state index contributed by atoms with van der Waals surface area (Å²) in [6.07, 6.45) is 0.552. The predicted molar refractivity (Wildman–Crippen MR) is 100 cm³/mol. The molecule has 1 aromatic heterocycles. The fourth-order valence-electron chi connectivity index (χ4n) is 3.49. The number of rotatable bonds is 4. The lowest BCUT2D eigenvalue weighted by molar-refractivity contribution is -0.119. The Bertz CT molecular complexity index is 931. The number of halogens is 1. The summed E-state index contributed by atoms with van der Waals surface area (Å²) in [5.41, 5.74) is 2.95. The number of hydrogen-bond donors (Lipinski definition) is 0. The number of para-hydroxylation sites is 1. The Morgan fingerprint density at radius 3 is 2.60 bits per heavy atom. The highest BCUT2D eigenvalue weighted by Gasteiger charge is 2.36. The molecule has 2 aromatic carbocycles. The summed E-state index contributed by atoms with van der Waals surface area (Å²) >= 11 is 6.25. The van der Waals surface area contributed by atoms with Crippen LogP contribution in [0.25, 0.3) is 11.3 Å². The largest absolute Gasteiger partial charge is 0.461 e. The molecule has 0 bridgehead atoms. The highest BCUT2D eigenvalue weighted by atomic mass is 35.5. The van der Waals surface area contributed by atoms with E-state index in [2.05, 4.69) is 0 Å². The van der Waals surface area contributed by atoms with Crippen molar-refractivity contribution in [2.75, 3.05) is 11.4 Å². The molecule has 0 radical (unpaired) electrons. The van der Waals surface area contributed by atoms with E-state index in [0.717, 1.165) is 28.3 Å². The Labute approximate surface area is 151 Å². The number of fused-ring (bicyclic) bond motifs is 1. The summed E-state index contributed by atoms with van der Waals surface area (Å²) in [6, 6.07) is 19.4. The van der Waals surface area contributed by atoms with Gasteiger partial charge in [0, 0.05) is 24.2 Å².